The van der Waals surface area contributed by atoms with Gasteiger partial charge in [0.05, 0.1) is 0 Å². The summed E-state index contributed by atoms with van der Waals surface area (Å²) in [6, 6.07) is 3.82. The third-order valence-electron chi connectivity index (χ3n) is 3.49. The first-order valence-electron chi connectivity index (χ1n) is 5.83. The van der Waals surface area contributed by atoms with Gasteiger partial charge in [0.15, 0.2) is 10.3 Å². The normalized spacial score (nSPS) is 31.2. The highest BCUT2D eigenvalue weighted by Crippen LogP contribution is 2.31. The smallest absolute Gasteiger partial charge is 0.185 e. The van der Waals surface area contributed by atoms with Crippen LogP contribution in [0.5, 0.6) is 0 Å². The Morgan fingerprint density at radius 2 is 2.12 bits per heavy atom. The third-order valence-corrected chi connectivity index (χ3v) is 4.76. The number of hydrogen-bond acceptors (Lipinski definition) is 5. The maximum absolute atomic E-state index is 8.83. The van der Waals surface area contributed by atoms with Crippen LogP contribution in [0.3, 0.4) is 0 Å². The number of thiazole rings is 1. The maximum Gasteiger partial charge on any atom is 0.185 e. The zero-order valence-electron chi connectivity index (χ0n) is 9.24. The van der Waals surface area contributed by atoms with Crippen molar-refractivity contribution in [2.24, 2.45) is 0 Å². The maximum atomic E-state index is 8.83. The highest BCUT2D eigenvalue weighted by molar-refractivity contribution is 7.16. The van der Waals surface area contributed by atoms with E-state index in [0.717, 1.165) is 18.0 Å². The van der Waals surface area contributed by atoms with E-state index in [2.05, 4.69) is 21.7 Å². The minimum atomic E-state index is 0.317. The molecule has 0 spiro atoms. The van der Waals surface area contributed by atoms with Crippen molar-refractivity contribution in [2.75, 3.05) is 5.32 Å². The number of halogens is 1. The molecule has 2 saturated heterocycles. The molecule has 2 unspecified atom stereocenters. The summed E-state index contributed by atoms with van der Waals surface area (Å²) < 4.78 is 0. The van der Waals surface area contributed by atoms with Gasteiger partial charge in [-0.1, -0.05) is 22.9 Å². The lowest BCUT2D eigenvalue weighted by atomic mass is 10.0. The summed E-state index contributed by atoms with van der Waals surface area (Å²) in [5, 5.41) is 16.9. The molecule has 2 N–H and O–H groups in total. The van der Waals surface area contributed by atoms with E-state index in [1.807, 2.05) is 0 Å². The average molecular weight is 269 g/mol. The molecule has 1 aromatic rings. The predicted molar refractivity (Wildman–Crippen MR) is 68.4 cm³/mol. The summed E-state index contributed by atoms with van der Waals surface area (Å²) in [4.78, 5) is 4.67. The topological polar surface area (TPSA) is 60.7 Å². The number of hydrogen-bond donors (Lipinski definition) is 2. The number of nitrogens with one attached hydrogen (secondary N) is 2. The minimum absolute atomic E-state index is 0.317. The highest BCUT2D eigenvalue weighted by atomic mass is 35.5. The fourth-order valence-electron chi connectivity index (χ4n) is 2.78. The molecule has 0 aliphatic carbocycles. The van der Waals surface area contributed by atoms with Gasteiger partial charge in [0.1, 0.15) is 10.9 Å². The van der Waals surface area contributed by atoms with Gasteiger partial charge in [-0.25, -0.2) is 4.98 Å². The summed E-state index contributed by atoms with van der Waals surface area (Å²) in [6.45, 7) is 0. The second-order valence-electron chi connectivity index (χ2n) is 4.70. The molecule has 3 heterocycles. The van der Waals surface area contributed by atoms with Crippen molar-refractivity contribution in [3.05, 3.63) is 10.0 Å². The molecule has 0 amide bonds. The second kappa shape index (κ2) is 4.45. The van der Waals surface area contributed by atoms with E-state index in [0.29, 0.717) is 28.2 Å². The number of fused-ring (bicyclic) bond motifs is 2. The Hall–Kier alpha value is -0.830. The molecular formula is C11H13ClN4S. The molecule has 2 aliphatic rings. The summed E-state index contributed by atoms with van der Waals surface area (Å²) in [5.41, 5.74) is 0. The Morgan fingerprint density at radius 3 is 2.71 bits per heavy atom. The highest BCUT2D eigenvalue weighted by Gasteiger charge is 2.33. The SMILES string of the molecule is N#Cc1sc(NC2CC3CCC(C2)N3)nc1Cl. The Kier molecular flexibility index (Phi) is 2.95. The molecular weight excluding hydrogens is 256 g/mol. The van der Waals surface area contributed by atoms with Crippen LogP contribution in [0.1, 0.15) is 30.6 Å². The molecule has 90 valence electrons. The summed E-state index contributed by atoms with van der Waals surface area (Å²) >= 11 is 7.20. The first kappa shape index (κ1) is 11.3. The van der Waals surface area contributed by atoms with E-state index in [-0.39, 0.29) is 0 Å². The minimum Gasteiger partial charge on any atom is -0.359 e. The van der Waals surface area contributed by atoms with E-state index >= 15 is 0 Å². The number of nitriles is 1. The number of piperidine rings is 1. The van der Waals surface area contributed by atoms with Crippen LogP contribution >= 0.6 is 22.9 Å². The van der Waals surface area contributed by atoms with Crippen molar-refractivity contribution in [3.63, 3.8) is 0 Å². The van der Waals surface area contributed by atoms with Gasteiger partial charge >= 0.3 is 0 Å². The van der Waals surface area contributed by atoms with Crippen LogP contribution in [0.2, 0.25) is 5.15 Å². The largest absolute Gasteiger partial charge is 0.359 e. The van der Waals surface area contributed by atoms with Crippen LogP contribution in [0.4, 0.5) is 5.13 Å². The second-order valence-corrected chi connectivity index (χ2v) is 6.06. The van der Waals surface area contributed by atoms with Gasteiger partial charge in [-0.15, -0.1) is 0 Å². The molecule has 3 rings (SSSR count). The Labute approximate surface area is 109 Å². The van der Waals surface area contributed by atoms with Crippen molar-refractivity contribution >= 4 is 28.1 Å². The standard InChI is InChI=1S/C11H13ClN4S/c12-10-9(5-13)17-11(16-10)15-8-3-6-1-2-7(4-8)14-6/h6-8,14H,1-4H2,(H,15,16). The fraction of sp³-hybridized carbons (Fsp3) is 0.636. The van der Waals surface area contributed by atoms with Gasteiger partial charge in [-0.3, -0.25) is 0 Å². The molecule has 17 heavy (non-hydrogen) atoms. The van der Waals surface area contributed by atoms with Gasteiger partial charge in [0, 0.05) is 18.1 Å². The monoisotopic (exact) mass is 268 g/mol. The van der Waals surface area contributed by atoms with Gasteiger partial charge in [0.25, 0.3) is 0 Å². The molecule has 0 aromatic carbocycles. The van der Waals surface area contributed by atoms with Crippen LogP contribution in [0.25, 0.3) is 0 Å². The summed E-state index contributed by atoms with van der Waals surface area (Å²) in [5.74, 6) is 0. The lowest BCUT2D eigenvalue weighted by molar-refractivity contribution is 0.378. The van der Waals surface area contributed by atoms with Crippen LogP contribution < -0.4 is 10.6 Å². The fourth-order valence-corrected chi connectivity index (χ4v) is 3.81. The van der Waals surface area contributed by atoms with E-state index < -0.39 is 0 Å². The Morgan fingerprint density at radius 1 is 1.41 bits per heavy atom. The van der Waals surface area contributed by atoms with Crippen LogP contribution in [-0.4, -0.2) is 23.1 Å². The van der Waals surface area contributed by atoms with Gasteiger partial charge in [-0.2, -0.15) is 5.26 Å². The number of nitrogens with zero attached hydrogens (tertiary/aromatic N) is 2. The van der Waals surface area contributed by atoms with E-state index in [9.17, 15) is 0 Å². The van der Waals surface area contributed by atoms with Gasteiger partial charge in [0.2, 0.25) is 0 Å². The van der Waals surface area contributed by atoms with E-state index in [4.69, 9.17) is 16.9 Å². The van der Waals surface area contributed by atoms with Crippen LogP contribution in [0.15, 0.2) is 0 Å². The molecule has 2 bridgehead atoms. The lowest BCUT2D eigenvalue weighted by Crippen LogP contribution is -2.43. The third kappa shape index (κ3) is 2.25. The lowest BCUT2D eigenvalue weighted by Gasteiger charge is -2.29. The molecule has 2 aliphatic heterocycles. The molecule has 0 saturated carbocycles. The van der Waals surface area contributed by atoms with Crippen molar-refractivity contribution in [1.82, 2.24) is 10.3 Å². The quantitative estimate of drug-likeness (QED) is 0.865. The summed E-state index contributed by atoms with van der Waals surface area (Å²) in [6.07, 6.45) is 4.83. The van der Waals surface area contributed by atoms with E-state index in [1.54, 1.807) is 0 Å². The molecule has 1 aromatic heterocycles. The first-order valence-corrected chi connectivity index (χ1v) is 7.03. The average Bonchev–Trinajstić information content (AvgIpc) is 2.82. The van der Waals surface area contributed by atoms with Crippen molar-refractivity contribution < 1.29 is 0 Å². The Bertz CT molecular complexity index is 455. The van der Waals surface area contributed by atoms with E-state index in [1.165, 1.54) is 24.2 Å². The zero-order valence-corrected chi connectivity index (χ0v) is 10.8. The number of aromatic nitrogens is 1. The Balaban J connectivity index is 1.68. The first-order chi connectivity index (χ1) is 8.24. The molecule has 4 nitrogen and oxygen atoms in total. The van der Waals surface area contributed by atoms with Crippen LogP contribution in [-0.2, 0) is 0 Å². The van der Waals surface area contributed by atoms with Crippen molar-refractivity contribution in [3.8, 4) is 6.07 Å². The number of anilines is 1. The van der Waals surface area contributed by atoms with Gasteiger partial charge in [-0.05, 0) is 25.7 Å². The summed E-state index contributed by atoms with van der Waals surface area (Å²) in [7, 11) is 0. The molecule has 2 fully saturated rings. The van der Waals surface area contributed by atoms with Crippen molar-refractivity contribution in [2.45, 2.75) is 43.8 Å². The number of rotatable bonds is 2. The predicted octanol–water partition coefficient (Wildman–Crippen LogP) is 2.36. The van der Waals surface area contributed by atoms with Gasteiger partial charge < -0.3 is 10.6 Å². The zero-order chi connectivity index (χ0) is 11.8. The molecule has 0 radical (unpaired) electrons. The molecule has 2 atom stereocenters. The van der Waals surface area contributed by atoms with Crippen molar-refractivity contribution in [1.29, 1.82) is 5.26 Å². The van der Waals surface area contributed by atoms with Crippen LogP contribution in [0, 0.1) is 11.3 Å². The molecule has 6 heteroatoms.